The van der Waals surface area contributed by atoms with Gasteiger partial charge in [0.2, 0.25) is 0 Å². The van der Waals surface area contributed by atoms with E-state index in [0.717, 1.165) is 6.42 Å². The van der Waals surface area contributed by atoms with Gasteiger partial charge in [0, 0.05) is 18.2 Å². The fourth-order valence-corrected chi connectivity index (χ4v) is 2.05. The monoisotopic (exact) mass is 231 g/mol. The molecule has 2 heterocycles. The van der Waals surface area contributed by atoms with Gasteiger partial charge in [0.15, 0.2) is 5.78 Å². The fraction of sp³-hybridized carbons (Fsp3) is 0.231. The molecule has 0 radical (unpaired) electrons. The van der Waals surface area contributed by atoms with Gasteiger partial charge in [-0.3, -0.25) is 9.79 Å². The van der Waals surface area contributed by atoms with Gasteiger partial charge in [-0.05, 0) is 18.6 Å². The summed E-state index contributed by atoms with van der Waals surface area (Å²) < 4.78 is 18.5. The number of aliphatic imine (C=N–C) groups is 1. The Bertz CT molecular complexity index is 561. The highest BCUT2D eigenvalue weighted by Crippen LogP contribution is 2.27. The summed E-state index contributed by atoms with van der Waals surface area (Å²) in [5, 5.41) is 0. The molecular formula is C13H10FNO2. The number of Topliss-reactive ketones (excluding diaryl/α,β-unsaturated/α-hetero) is 1. The van der Waals surface area contributed by atoms with E-state index in [9.17, 15) is 9.18 Å². The Morgan fingerprint density at radius 1 is 1.35 bits per heavy atom. The molecule has 0 fully saturated rings. The molecule has 0 aromatic heterocycles. The highest BCUT2D eigenvalue weighted by atomic mass is 19.1. The Morgan fingerprint density at radius 3 is 3.12 bits per heavy atom. The first kappa shape index (κ1) is 10.2. The molecule has 3 rings (SSSR count). The largest absolute Gasteiger partial charge is 0.486 e. The van der Waals surface area contributed by atoms with E-state index in [-0.39, 0.29) is 12.4 Å². The Labute approximate surface area is 97.6 Å². The van der Waals surface area contributed by atoms with Crippen LogP contribution in [0.15, 0.2) is 34.8 Å². The lowest BCUT2D eigenvalue weighted by Gasteiger charge is -2.09. The number of fused-ring (bicyclic) bond motifs is 2. The van der Waals surface area contributed by atoms with E-state index in [1.807, 2.05) is 6.08 Å². The Kier molecular flexibility index (Phi) is 2.28. The maximum Gasteiger partial charge on any atom is 0.198 e. The number of ketones is 1. The quantitative estimate of drug-likeness (QED) is 0.686. The number of dihydropyridines is 1. The van der Waals surface area contributed by atoms with Gasteiger partial charge in [0.1, 0.15) is 18.2 Å². The van der Waals surface area contributed by atoms with Crippen LogP contribution in [0, 0.1) is 5.82 Å². The third-order valence-corrected chi connectivity index (χ3v) is 2.89. The first-order valence-electron chi connectivity index (χ1n) is 5.46. The second-order valence-corrected chi connectivity index (χ2v) is 3.99. The molecule has 0 spiro atoms. The molecular weight excluding hydrogens is 221 g/mol. The molecule has 2 aliphatic rings. The van der Waals surface area contributed by atoms with Gasteiger partial charge in [-0.15, -0.1) is 0 Å². The number of carbonyl (C=O) groups is 1. The molecule has 86 valence electrons. The molecule has 0 aliphatic carbocycles. The van der Waals surface area contributed by atoms with E-state index in [1.54, 1.807) is 0 Å². The van der Waals surface area contributed by atoms with E-state index >= 15 is 0 Å². The SMILES string of the molecule is O=C1C2=CCCN=C2COc2cc(F)ccc21. The van der Waals surface area contributed by atoms with Crippen molar-refractivity contribution in [2.75, 3.05) is 13.2 Å². The Morgan fingerprint density at radius 2 is 2.24 bits per heavy atom. The van der Waals surface area contributed by atoms with Gasteiger partial charge in [-0.25, -0.2) is 4.39 Å². The van der Waals surface area contributed by atoms with E-state index in [2.05, 4.69) is 4.99 Å². The van der Waals surface area contributed by atoms with E-state index in [0.29, 0.717) is 29.1 Å². The minimum absolute atomic E-state index is 0.129. The zero-order valence-electron chi connectivity index (χ0n) is 9.07. The zero-order chi connectivity index (χ0) is 11.8. The van der Waals surface area contributed by atoms with Crippen LogP contribution in [-0.2, 0) is 0 Å². The third kappa shape index (κ3) is 1.65. The number of hydrogen-bond acceptors (Lipinski definition) is 3. The standard InChI is InChI=1S/C13H10FNO2/c14-8-3-4-10-12(6-8)17-7-11-9(13(10)16)2-1-5-15-11/h2-4,6H,1,5,7H2. The summed E-state index contributed by atoms with van der Waals surface area (Å²) >= 11 is 0. The second-order valence-electron chi connectivity index (χ2n) is 3.99. The van der Waals surface area contributed by atoms with Crippen molar-refractivity contribution < 1.29 is 13.9 Å². The van der Waals surface area contributed by atoms with Crippen LogP contribution in [0.2, 0.25) is 0 Å². The van der Waals surface area contributed by atoms with Gasteiger partial charge >= 0.3 is 0 Å². The summed E-state index contributed by atoms with van der Waals surface area (Å²) in [7, 11) is 0. The number of halogens is 1. The minimum atomic E-state index is -0.405. The van der Waals surface area contributed by atoms with Crippen molar-refractivity contribution in [3.63, 3.8) is 0 Å². The molecule has 0 amide bonds. The molecule has 0 unspecified atom stereocenters. The topological polar surface area (TPSA) is 38.7 Å². The lowest BCUT2D eigenvalue weighted by Crippen LogP contribution is -2.19. The van der Waals surface area contributed by atoms with Gasteiger partial charge in [-0.1, -0.05) is 6.08 Å². The van der Waals surface area contributed by atoms with Crippen LogP contribution in [0.4, 0.5) is 4.39 Å². The van der Waals surface area contributed by atoms with E-state index in [1.165, 1.54) is 18.2 Å². The molecule has 0 atom stereocenters. The second kappa shape index (κ2) is 3.80. The minimum Gasteiger partial charge on any atom is -0.486 e. The van der Waals surface area contributed by atoms with Crippen molar-refractivity contribution in [3.05, 3.63) is 41.2 Å². The average Bonchev–Trinajstić information content (AvgIpc) is 2.48. The van der Waals surface area contributed by atoms with Crippen LogP contribution in [0.25, 0.3) is 0 Å². The normalized spacial score (nSPS) is 18.3. The molecule has 0 saturated carbocycles. The van der Waals surface area contributed by atoms with Crippen molar-refractivity contribution in [2.45, 2.75) is 6.42 Å². The summed E-state index contributed by atoms with van der Waals surface area (Å²) in [5.74, 6) is -0.235. The molecule has 17 heavy (non-hydrogen) atoms. The molecule has 3 nitrogen and oxygen atoms in total. The van der Waals surface area contributed by atoms with Crippen LogP contribution in [0.5, 0.6) is 5.75 Å². The number of rotatable bonds is 0. The number of carbonyl (C=O) groups excluding carboxylic acids is 1. The van der Waals surface area contributed by atoms with Crippen LogP contribution < -0.4 is 4.74 Å². The van der Waals surface area contributed by atoms with Gasteiger partial charge < -0.3 is 4.74 Å². The zero-order valence-corrected chi connectivity index (χ0v) is 9.07. The molecule has 0 N–H and O–H groups in total. The first-order chi connectivity index (χ1) is 8.25. The van der Waals surface area contributed by atoms with Crippen molar-refractivity contribution in [3.8, 4) is 5.75 Å². The molecule has 4 heteroatoms. The predicted octanol–water partition coefficient (Wildman–Crippen LogP) is 2.17. The molecule has 1 aromatic rings. The third-order valence-electron chi connectivity index (χ3n) is 2.89. The van der Waals surface area contributed by atoms with E-state index < -0.39 is 5.82 Å². The maximum atomic E-state index is 13.1. The number of ether oxygens (including phenoxy) is 1. The van der Waals surface area contributed by atoms with Crippen LogP contribution in [0.1, 0.15) is 16.8 Å². The highest BCUT2D eigenvalue weighted by molar-refractivity contribution is 6.30. The summed E-state index contributed by atoms with van der Waals surface area (Å²) in [6, 6.07) is 3.97. The van der Waals surface area contributed by atoms with Crippen LogP contribution in [0.3, 0.4) is 0 Å². The highest BCUT2D eigenvalue weighted by Gasteiger charge is 2.26. The number of hydrogen-bond donors (Lipinski definition) is 0. The van der Waals surface area contributed by atoms with Crippen molar-refractivity contribution in [1.29, 1.82) is 0 Å². The number of benzene rings is 1. The maximum absolute atomic E-state index is 13.1. The lowest BCUT2D eigenvalue weighted by atomic mass is 9.97. The summed E-state index contributed by atoms with van der Waals surface area (Å²) in [6.45, 7) is 0.911. The lowest BCUT2D eigenvalue weighted by molar-refractivity contribution is 0.103. The summed E-state index contributed by atoms with van der Waals surface area (Å²) in [6.07, 6.45) is 2.65. The van der Waals surface area contributed by atoms with Gasteiger partial charge in [0.05, 0.1) is 11.3 Å². The van der Waals surface area contributed by atoms with Crippen LogP contribution in [-0.4, -0.2) is 24.6 Å². The summed E-state index contributed by atoms with van der Waals surface area (Å²) in [5.41, 5.74) is 1.67. The Hall–Kier alpha value is -1.97. The fourth-order valence-electron chi connectivity index (χ4n) is 2.05. The van der Waals surface area contributed by atoms with Crippen molar-refractivity contribution in [2.24, 2.45) is 4.99 Å². The van der Waals surface area contributed by atoms with Crippen LogP contribution >= 0.6 is 0 Å². The molecule has 2 aliphatic heterocycles. The molecule has 1 aromatic carbocycles. The molecule has 0 saturated heterocycles. The predicted molar refractivity (Wildman–Crippen MR) is 61.2 cm³/mol. The molecule has 0 bridgehead atoms. The van der Waals surface area contributed by atoms with Crippen molar-refractivity contribution in [1.82, 2.24) is 0 Å². The number of nitrogens with zero attached hydrogens (tertiary/aromatic N) is 1. The van der Waals surface area contributed by atoms with Crippen molar-refractivity contribution >= 4 is 11.5 Å². The first-order valence-corrected chi connectivity index (χ1v) is 5.46. The van der Waals surface area contributed by atoms with Gasteiger partial charge in [-0.2, -0.15) is 0 Å². The average molecular weight is 231 g/mol. The van der Waals surface area contributed by atoms with Gasteiger partial charge in [0.25, 0.3) is 0 Å². The summed E-state index contributed by atoms with van der Waals surface area (Å²) in [4.78, 5) is 16.5. The smallest absolute Gasteiger partial charge is 0.198 e. The van der Waals surface area contributed by atoms with E-state index in [4.69, 9.17) is 4.74 Å². The Balaban J connectivity index is 2.13.